The average Bonchev–Trinajstić information content (AvgIpc) is 2.30. The highest BCUT2D eigenvalue weighted by Gasteiger charge is 2.17. The largest absolute Gasteiger partial charge is 0.295 e. The third-order valence-electron chi connectivity index (χ3n) is 3.03. The van der Waals surface area contributed by atoms with E-state index in [9.17, 15) is 4.79 Å². The minimum Gasteiger partial charge on any atom is -0.295 e. The van der Waals surface area contributed by atoms with E-state index in [1.807, 2.05) is 19.1 Å². The molecule has 0 aromatic heterocycles. The van der Waals surface area contributed by atoms with Crippen molar-refractivity contribution in [1.82, 2.24) is 0 Å². The van der Waals surface area contributed by atoms with Crippen molar-refractivity contribution in [3.05, 3.63) is 53.1 Å². The van der Waals surface area contributed by atoms with Gasteiger partial charge < -0.3 is 0 Å². The van der Waals surface area contributed by atoms with E-state index in [0.29, 0.717) is 0 Å². The lowest BCUT2D eigenvalue weighted by Crippen LogP contribution is -2.06. The van der Waals surface area contributed by atoms with E-state index in [-0.39, 0.29) is 5.78 Å². The van der Waals surface area contributed by atoms with Gasteiger partial charge >= 0.3 is 0 Å². The van der Waals surface area contributed by atoms with Crippen LogP contribution in [-0.2, 0) is 11.2 Å². The van der Waals surface area contributed by atoms with E-state index >= 15 is 0 Å². The van der Waals surface area contributed by atoms with Crippen molar-refractivity contribution in [3.8, 4) is 0 Å². The zero-order valence-electron chi connectivity index (χ0n) is 9.79. The highest BCUT2D eigenvalue weighted by atomic mass is 16.1. The summed E-state index contributed by atoms with van der Waals surface area (Å²) in [6.07, 6.45) is 6.20. The Morgan fingerprint density at radius 3 is 2.75 bits per heavy atom. The second-order valence-corrected chi connectivity index (χ2v) is 4.07. The van der Waals surface area contributed by atoms with Crippen LogP contribution in [0.4, 0.5) is 0 Å². The van der Waals surface area contributed by atoms with Crippen LogP contribution in [0.5, 0.6) is 0 Å². The molecular weight excluding hydrogens is 196 g/mol. The van der Waals surface area contributed by atoms with E-state index in [2.05, 4.69) is 24.3 Å². The summed E-state index contributed by atoms with van der Waals surface area (Å²) in [5, 5.41) is 0. The van der Waals surface area contributed by atoms with Crippen molar-refractivity contribution < 1.29 is 4.79 Å². The van der Waals surface area contributed by atoms with Crippen molar-refractivity contribution >= 4 is 11.4 Å². The third kappa shape index (κ3) is 1.85. The molecule has 0 unspecified atom stereocenters. The summed E-state index contributed by atoms with van der Waals surface area (Å²) in [5.74, 6) is 0.144. The Bertz CT molecular complexity index is 478. The van der Waals surface area contributed by atoms with Gasteiger partial charge in [-0.25, -0.2) is 0 Å². The van der Waals surface area contributed by atoms with Crippen LogP contribution in [0.1, 0.15) is 31.4 Å². The Morgan fingerprint density at radius 1 is 1.31 bits per heavy atom. The van der Waals surface area contributed by atoms with Gasteiger partial charge in [0.2, 0.25) is 0 Å². The molecule has 0 bridgehead atoms. The molecule has 0 atom stereocenters. The van der Waals surface area contributed by atoms with Gasteiger partial charge in [0.05, 0.1) is 0 Å². The lowest BCUT2D eigenvalue weighted by molar-refractivity contribution is -0.113. The number of hydrogen-bond donors (Lipinski definition) is 0. The molecule has 0 saturated heterocycles. The van der Waals surface area contributed by atoms with Crippen LogP contribution in [-0.4, -0.2) is 5.78 Å². The predicted molar refractivity (Wildman–Crippen MR) is 67.2 cm³/mol. The van der Waals surface area contributed by atoms with Crippen molar-refractivity contribution in [2.24, 2.45) is 0 Å². The first kappa shape index (κ1) is 10.9. The molecule has 0 aliphatic heterocycles. The Kier molecular flexibility index (Phi) is 3.04. The summed E-state index contributed by atoms with van der Waals surface area (Å²) in [4.78, 5) is 11.6. The maximum Gasteiger partial charge on any atom is 0.160 e. The Balaban J connectivity index is 2.51. The first-order valence-corrected chi connectivity index (χ1v) is 5.70. The van der Waals surface area contributed by atoms with Crippen LogP contribution >= 0.6 is 0 Å². The molecule has 0 N–H and O–H groups in total. The third-order valence-corrected chi connectivity index (χ3v) is 3.03. The molecule has 0 amide bonds. The highest BCUT2D eigenvalue weighted by Crippen LogP contribution is 2.31. The van der Waals surface area contributed by atoms with Gasteiger partial charge in [0.15, 0.2) is 5.78 Å². The Hall–Kier alpha value is -1.63. The summed E-state index contributed by atoms with van der Waals surface area (Å²) in [5.41, 5.74) is 4.52. The number of Topliss-reactive ketones (excluding diaryl/α,β-unsaturated/α-hetero) is 1. The summed E-state index contributed by atoms with van der Waals surface area (Å²) in [6.45, 7) is 3.56. The summed E-state index contributed by atoms with van der Waals surface area (Å²) < 4.78 is 0. The zero-order chi connectivity index (χ0) is 11.5. The fourth-order valence-electron chi connectivity index (χ4n) is 2.29. The molecular formula is C15H16O. The Morgan fingerprint density at radius 2 is 2.06 bits per heavy atom. The number of carbonyl (C=O) groups is 1. The van der Waals surface area contributed by atoms with Crippen LogP contribution < -0.4 is 0 Å². The van der Waals surface area contributed by atoms with Gasteiger partial charge in [-0.1, -0.05) is 36.4 Å². The molecule has 1 aromatic rings. The number of ketones is 1. The number of benzene rings is 1. The van der Waals surface area contributed by atoms with Crippen LogP contribution in [0.15, 0.2) is 42.0 Å². The Labute approximate surface area is 96.5 Å². The number of rotatable bonds is 2. The summed E-state index contributed by atoms with van der Waals surface area (Å²) in [6, 6.07) is 8.35. The van der Waals surface area contributed by atoms with Crippen LogP contribution in [0.2, 0.25) is 0 Å². The minimum absolute atomic E-state index is 0.144. The molecule has 0 fully saturated rings. The monoisotopic (exact) mass is 212 g/mol. The molecule has 1 aromatic carbocycles. The van der Waals surface area contributed by atoms with Gasteiger partial charge in [-0.3, -0.25) is 4.79 Å². The SMILES string of the molecule is C/C=C(/C(C)=O)C1=CCCc2ccccc21. The molecule has 0 saturated carbocycles. The maximum atomic E-state index is 11.6. The van der Waals surface area contributed by atoms with Gasteiger partial charge in [0.1, 0.15) is 0 Å². The number of hydrogen-bond acceptors (Lipinski definition) is 1. The second-order valence-electron chi connectivity index (χ2n) is 4.07. The number of aryl methyl sites for hydroxylation is 1. The standard InChI is InChI=1S/C15H16O/c1-3-13(11(2)16)15-10-6-8-12-7-4-5-9-14(12)15/h3-5,7,9-10H,6,8H2,1-2H3/b13-3-. The highest BCUT2D eigenvalue weighted by molar-refractivity contribution is 6.09. The number of fused-ring (bicyclic) bond motifs is 1. The van der Waals surface area contributed by atoms with Gasteiger partial charge in [0.25, 0.3) is 0 Å². The second kappa shape index (κ2) is 4.48. The van der Waals surface area contributed by atoms with E-state index in [0.717, 1.165) is 24.0 Å². The first-order valence-electron chi connectivity index (χ1n) is 5.70. The molecule has 1 nitrogen and oxygen atoms in total. The smallest absolute Gasteiger partial charge is 0.160 e. The van der Waals surface area contributed by atoms with Crippen molar-refractivity contribution in [2.45, 2.75) is 26.7 Å². The summed E-state index contributed by atoms with van der Waals surface area (Å²) >= 11 is 0. The molecule has 1 heteroatoms. The van der Waals surface area contributed by atoms with Gasteiger partial charge in [-0.05, 0) is 43.4 Å². The molecule has 82 valence electrons. The van der Waals surface area contributed by atoms with Crippen LogP contribution in [0.3, 0.4) is 0 Å². The van der Waals surface area contributed by atoms with E-state index in [1.54, 1.807) is 6.92 Å². The molecule has 0 radical (unpaired) electrons. The lowest BCUT2D eigenvalue weighted by atomic mass is 9.85. The fraction of sp³-hybridized carbons (Fsp3) is 0.267. The van der Waals surface area contributed by atoms with E-state index < -0.39 is 0 Å². The van der Waals surface area contributed by atoms with Gasteiger partial charge in [-0.15, -0.1) is 0 Å². The zero-order valence-corrected chi connectivity index (χ0v) is 9.79. The van der Waals surface area contributed by atoms with E-state index in [1.165, 1.54) is 11.1 Å². The predicted octanol–water partition coefficient (Wildman–Crippen LogP) is 3.55. The number of carbonyl (C=O) groups excluding carboxylic acids is 1. The van der Waals surface area contributed by atoms with Crippen LogP contribution in [0.25, 0.3) is 5.57 Å². The van der Waals surface area contributed by atoms with Crippen molar-refractivity contribution in [1.29, 1.82) is 0 Å². The first-order chi connectivity index (χ1) is 7.74. The average molecular weight is 212 g/mol. The van der Waals surface area contributed by atoms with E-state index in [4.69, 9.17) is 0 Å². The van der Waals surface area contributed by atoms with Gasteiger partial charge in [0, 0.05) is 5.57 Å². The minimum atomic E-state index is 0.144. The molecule has 0 heterocycles. The van der Waals surface area contributed by atoms with Gasteiger partial charge in [-0.2, -0.15) is 0 Å². The topological polar surface area (TPSA) is 17.1 Å². The quantitative estimate of drug-likeness (QED) is 0.685. The molecule has 1 aliphatic rings. The number of allylic oxidation sites excluding steroid dienone is 4. The molecule has 1 aliphatic carbocycles. The molecule has 16 heavy (non-hydrogen) atoms. The summed E-state index contributed by atoms with van der Waals surface area (Å²) in [7, 11) is 0. The lowest BCUT2D eigenvalue weighted by Gasteiger charge is -2.18. The molecule has 0 spiro atoms. The van der Waals surface area contributed by atoms with Crippen molar-refractivity contribution in [3.63, 3.8) is 0 Å². The van der Waals surface area contributed by atoms with Crippen molar-refractivity contribution in [2.75, 3.05) is 0 Å². The fourth-order valence-corrected chi connectivity index (χ4v) is 2.29. The normalized spacial score (nSPS) is 15.4. The maximum absolute atomic E-state index is 11.6. The van der Waals surface area contributed by atoms with Crippen LogP contribution in [0, 0.1) is 0 Å². The molecule has 2 rings (SSSR count).